The molecule has 0 aromatic rings. The summed E-state index contributed by atoms with van der Waals surface area (Å²) in [4.78, 5) is 7.88. The summed E-state index contributed by atoms with van der Waals surface area (Å²) in [5.74, 6) is 1.04. The van der Waals surface area contributed by atoms with E-state index >= 15 is 0 Å². The van der Waals surface area contributed by atoms with Gasteiger partial charge in [-0.1, -0.05) is 0 Å². The predicted molar refractivity (Wildman–Crippen MR) is 39.3 cm³/mol. The second-order valence-electron chi connectivity index (χ2n) is 2.22. The van der Waals surface area contributed by atoms with Crippen LogP contribution < -0.4 is 0 Å². The molecular weight excluding hydrogens is 128 g/mol. The van der Waals surface area contributed by atoms with Crippen molar-refractivity contribution in [1.82, 2.24) is 0 Å². The molecule has 10 heavy (non-hydrogen) atoms. The first-order chi connectivity index (χ1) is 4.86. The van der Waals surface area contributed by atoms with Crippen molar-refractivity contribution in [2.45, 2.75) is 6.42 Å². The van der Waals surface area contributed by atoms with Gasteiger partial charge in [-0.05, 0) is 6.08 Å². The number of aliphatic imine (C=N–C) groups is 2. The monoisotopic (exact) mass is 134 g/mol. The summed E-state index contributed by atoms with van der Waals surface area (Å²) < 4.78 is 0. The Morgan fingerprint density at radius 2 is 2.40 bits per heavy atom. The van der Waals surface area contributed by atoms with E-state index in [0.717, 1.165) is 11.4 Å². The van der Waals surface area contributed by atoms with Gasteiger partial charge in [-0.15, -0.1) is 0 Å². The fourth-order valence-electron chi connectivity index (χ4n) is 0.986. The molecule has 0 unspecified atom stereocenters. The third kappa shape index (κ3) is 0.673. The van der Waals surface area contributed by atoms with E-state index < -0.39 is 0 Å². The summed E-state index contributed by atoms with van der Waals surface area (Å²) in [7, 11) is 0. The minimum Gasteiger partial charge on any atom is -0.510 e. The topological polar surface area (TPSA) is 45.0 Å². The molecule has 2 heterocycles. The van der Waals surface area contributed by atoms with Gasteiger partial charge in [0.15, 0.2) is 5.84 Å². The quantitative estimate of drug-likeness (QED) is 0.531. The van der Waals surface area contributed by atoms with E-state index in [1.165, 1.54) is 6.20 Å². The zero-order valence-corrected chi connectivity index (χ0v) is 5.28. The van der Waals surface area contributed by atoms with Crippen LogP contribution in [-0.2, 0) is 0 Å². The lowest BCUT2D eigenvalue weighted by atomic mass is 10.1. The molecule has 0 fully saturated rings. The highest BCUT2D eigenvalue weighted by Gasteiger charge is 2.14. The van der Waals surface area contributed by atoms with Gasteiger partial charge < -0.3 is 5.11 Å². The molecule has 0 amide bonds. The molecule has 3 heteroatoms. The van der Waals surface area contributed by atoms with E-state index in [9.17, 15) is 0 Å². The number of aliphatic hydroxyl groups is 1. The fraction of sp³-hybridized carbons (Fsp3) is 0.143. The van der Waals surface area contributed by atoms with E-state index in [2.05, 4.69) is 9.98 Å². The number of amidine groups is 1. The number of rotatable bonds is 0. The average molecular weight is 134 g/mol. The molecule has 1 N–H and O–H groups in total. The van der Waals surface area contributed by atoms with Crippen LogP contribution in [0.15, 0.2) is 33.6 Å². The Kier molecular flexibility index (Phi) is 0.974. The number of allylic oxidation sites excluding steroid dienone is 2. The van der Waals surface area contributed by atoms with Crippen LogP contribution in [0.25, 0.3) is 0 Å². The van der Waals surface area contributed by atoms with Crippen LogP contribution in [-0.4, -0.2) is 17.2 Å². The lowest BCUT2D eigenvalue weighted by Gasteiger charge is -2.05. The minimum absolute atomic E-state index is 0.306. The molecular formula is C7H6N2O. The van der Waals surface area contributed by atoms with E-state index in [0.29, 0.717) is 12.2 Å². The maximum atomic E-state index is 9.01. The van der Waals surface area contributed by atoms with Gasteiger partial charge in [0.05, 0.1) is 6.20 Å². The zero-order valence-electron chi connectivity index (χ0n) is 5.28. The van der Waals surface area contributed by atoms with Gasteiger partial charge in [0.1, 0.15) is 5.76 Å². The van der Waals surface area contributed by atoms with E-state index in [-0.39, 0.29) is 0 Å². The molecule has 0 aromatic carbocycles. The van der Waals surface area contributed by atoms with Gasteiger partial charge >= 0.3 is 0 Å². The highest BCUT2D eigenvalue weighted by atomic mass is 16.3. The van der Waals surface area contributed by atoms with Gasteiger partial charge in [0.2, 0.25) is 0 Å². The molecule has 0 radical (unpaired) electrons. The van der Waals surface area contributed by atoms with Crippen LogP contribution in [0.5, 0.6) is 0 Å². The number of hydrogen-bond acceptors (Lipinski definition) is 3. The van der Waals surface area contributed by atoms with Gasteiger partial charge in [-0.3, -0.25) is 0 Å². The number of aliphatic hydroxyl groups excluding tert-OH is 1. The van der Waals surface area contributed by atoms with Crippen molar-refractivity contribution in [1.29, 1.82) is 0 Å². The molecule has 2 aliphatic rings. The summed E-state index contributed by atoms with van der Waals surface area (Å²) >= 11 is 0. The molecule has 2 rings (SSSR count). The SMILES string of the molecule is OC1=CN=C2N=CC=C2C1. The highest BCUT2D eigenvalue weighted by molar-refractivity contribution is 6.11. The van der Waals surface area contributed by atoms with Crippen molar-refractivity contribution >= 4 is 12.1 Å². The lowest BCUT2D eigenvalue weighted by molar-refractivity contribution is 0.396. The number of fused-ring (bicyclic) bond motifs is 1. The fourth-order valence-corrected chi connectivity index (χ4v) is 0.986. The third-order valence-electron chi connectivity index (χ3n) is 1.47. The summed E-state index contributed by atoms with van der Waals surface area (Å²) in [5.41, 5.74) is 1.00. The minimum atomic E-state index is 0.306. The molecule has 0 atom stereocenters. The van der Waals surface area contributed by atoms with Crippen molar-refractivity contribution in [2.75, 3.05) is 0 Å². The van der Waals surface area contributed by atoms with Gasteiger partial charge in [0.25, 0.3) is 0 Å². The van der Waals surface area contributed by atoms with Gasteiger partial charge in [0, 0.05) is 18.2 Å². The second kappa shape index (κ2) is 1.80. The van der Waals surface area contributed by atoms with Crippen molar-refractivity contribution in [3.8, 4) is 0 Å². The Labute approximate surface area is 58.1 Å². The second-order valence-corrected chi connectivity index (χ2v) is 2.22. The van der Waals surface area contributed by atoms with Crippen LogP contribution >= 0.6 is 0 Å². The number of nitrogens with zero attached hydrogens (tertiary/aromatic N) is 2. The van der Waals surface area contributed by atoms with Gasteiger partial charge in [-0.25, -0.2) is 9.98 Å². The summed E-state index contributed by atoms with van der Waals surface area (Å²) in [6.07, 6.45) is 5.57. The normalized spacial score (nSPS) is 21.4. The molecule has 0 aliphatic carbocycles. The van der Waals surface area contributed by atoms with Crippen molar-refractivity contribution in [2.24, 2.45) is 9.98 Å². The molecule has 0 aromatic heterocycles. The van der Waals surface area contributed by atoms with Gasteiger partial charge in [-0.2, -0.15) is 0 Å². The largest absolute Gasteiger partial charge is 0.510 e. The highest BCUT2D eigenvalue weighted by Crippen LogP contribution is 2.18. The van der Waals surface area contributed by atoms with Crippen LogP contribution in [0.2, 0.25) is 0 Å². The Morgan fingerprint density at radius 1 is 1.50 bits per heavy atom. The molecule has 0 spiro atoms. The predicted octanol–water partition coefficient (Wildman–Crippen LogP) is 1.20. The van der Waals surface area contributed by atoms with Crippen LogP contribution in [0.3, 0.4) is 0 Å². The molecule has 3 nitrogen and oxygen atoms in total. The number of hydrogen-bond donors (Lipinski definition) is 1. The summed E-state index contributed by atoms with van der Waals surface area (Å²) in [6, 6.07) is 0. The maximum Gasteiger partial charge on any atom is 0.155 e. The first kappa shape index (κ1) is 5.41. The summed E-state index contributed by atoms with van der Waals surface area (Å²) in [6.45, 7) is 0. The van der Waals surface area contributed by atoms with E-state index in [4.69, 9.17) is 5.11 Å². The van der Waals surface area contributed by atoms with Crippen LogP contribution in [0.1, 0.15) is 6.42 Å². The standard InChI is InChI=1S/C7H6N2O/c10-6-3-5-1-2-8-7(5)9-4-6/h1-2,4,10H,3H2. The molecule has 2 aliphatic heterocycles. The first-order valence-corrected chi connectivity index (χ1v) is 3.06. The van der Waals surface area contributed by atoms with Crippen molar-refractivity contribution in [3.63, 3.8) is 0 Å². The first-order valence-electron chi connectivity index (χ1n) is 3.06. The zero-order chi connectivity index (χ0) is 6.97. The van der Waals surface area contributed by atoms with Crippen LogP contribution in [0.4, 0.5) is 0 Å². The molecule has 0 saturated heterocycles. The molecule has 50 valence electrons. The van der Waals surface area contributed by atoms with Crippen molar-refractivity contribution < 1.29 is 5.11 Å². The average Bonchev–Trinajstić information content (AvgIpc) is 2.33. The van der Waals surface area contributed by atoms with Crippen molar-refractivity contribution in [3.05, 3.63) is 23.6 Å². The third-order valence-corrected chi connectivity index (χ3v) is 1.47. The molecule has 0 saturated carbocycles. The van der Waals surface area contributed by atoms with E-state index in [1.54, 1.807) is 6.21 Å². The maximum absolute atomic E-state index is 9.01. The van der Waals surface area contributed by atoms with Crippen LogP contribution in [0, 0.1) is 0 Å². The van der Waals surface area contributed by atoms with E-state index in [1.807, 2.05) is 6.08 Å². The Bertz CT molecular complexity index is 284. The molecule has 0 bridgehead atoms. The smallest absolute Gasteiger partial charge is 0.155 e. The Morgan fingerprint density at radius 3 is 3.30 bits per heavy atom. The lowest BCUT2D eigenvalue weighted by Crippen LogP contribution is -2.01. The summed E-state index contributed by atoms with van der Waals surface area (Å²) in [5, 5.41) is 9.01. The Balaban J connectivity index is 2.42. The Hall–Kier alpha value is -1.38.